The van der Waals surface area contributed by atoms with Crippen LogP contribution in [0.4, 0.5) is 0 Å². The predicted molar refractivity (Wildman–Crippen MR) is 48.9 cm³/mol. The third-order valence-electron chi connectivity index (χ3n) is 1.87. The Kier molecular flexibility index (Phi) is 3.03. The number of ketones is 1. The van der Waals surface area contributed by atoms with E-state index in [0.29, 0.717) is 16.9 Å². The highest BCUT2D eigenvalue weighted by atomic mass is 16.5. The Morgan fingerprint density at radius 1 is 1.54 bits per heavy atom. The number of hydrogen-bond donors (Lipinski definition) is 1. The second-order valence-corrected chi connectivity index (χ2v) is 2.74. The van der Waals surface area contributed by atoms with Crippen molar-refractivity contribution in [1.29, 1.82) is 0 Å². The van der Waals surface area contributed by atoms with Gasteiger partial charge in [-0.1, -0.05) is 6.07 Å². The molecule has 0 spiro atoms. The molecule has 0 unspecified atom stereocenters. The van der Waals surface area contributed by atoms with E-state index >= 15 is 0 Å². The Morgan fingerprint density at radius 3 is 2.69 bits per heavy atom. The summed E-state index contributed by atoms with van der Waals surface area (Å²) in [5.41, 5.74) is 1.15. The zero-order valence-corrected chi connectivity index (χ0v) is 7.70. The lowest BCUT2D eigenvalue weighted by molar-refractivity contribution is 0.101. The molecule has 1 rings (SSSR count). The van der Waals surface area contributed by atoms with Crippen LogP contribution in [-0.2, 0) is 6.61 Å². The van der Waals surface area contributed by atoms with Crippen molar-refractivity contribution in [2.45, 2.75) is 13.5 Å². The quantitative estimate of drug-likeness (QED) is 0.715. The van der Waals surface area contributed by atoms with Crippen LogP contribution in [-0.4, -0.2) is 18.0 Å². The summed E-state index contributed by atoms with van der Waals surface area (Å²) in [6.07, 6.45) is 0. The summed E-state index contributed by atoms with van der Waals surface area (Å²) in [4.78, 5) is 11.1. The van der Waals surface area contributed by atoms with Gasteiger partial charge in [-0.3, -0.25) is 4.79 Å². The molecule has 3 heteroatoms. The smallest absolute Gasteiger partial charge is 0.160 e. The normalized spacial score (nSPS) is 9.77. The van der Waals surface area contributed by atoms with Crippen molar-refractivity contribution in [1.82, 2.24) is 0 Å². The van der Waals surface area contributed by atoms with Gasteiger partial charge in [-0.05, 0) is 24.6 Å². The fraction of sp³-hybridized carbons (Fsp3) is 0.300. The van der Waals surface area contributed by atoms with Crippen molar-refractivity contribution in [3.05, 3.63) is 29.3 Å². The molecule has 3 nitrogen and oxygen atoms in total. The van der Waals surface area contributed by atoms with Gasteiger partial charge in [-0.15, -0.1) is 0 Å². The second-order valence-electron chi connectivity index (χ2n) is 2.74. The summed E-state index contributed by atoms with van der Waals surface area (Å²) in [6.45, 7) is 1.34. The van der Waals surface area contributed by atoms with Gasteiger partial charge >= 0.3 is 0 Å². The first-order valence-electron chi connectivity index (χ1n) is 3.97. The number of aliphatic hydroxyl groups is 1. The zero-order chi connectivity index (χ0) is 9.84. The molecule has 0 aliphatic heterocycles. The minimum absolute atomic E-state index is 0.0667. The summed E-state index contributed by atoms with van der Waals surface area (Å²) in [6, 6.07) is 5.04. The molecule has 13 heavy (non-hydrogen) atoms. The number of carbonyl (C=O) groups excluding carboxylic acids is 1. The Balaban J connectivity index is 3.18. The molecule has 0 heterocycles. The van der Waals surface area contributed by atoms with Gasteiger partial charge in [-0.25, -0.2) is 0 Å². The Bertz CT molecular complexity index is 318. The molecule has 1 aromatic rings. The van der Waals surface area contributed by atoms with Crippen LogP contribution in [0.3, 0.4) is 0 Å². The first-order chi connectivity index (χ1) is 6.19. The van der Waals surface area contributed by atoms with Crippen molar-refractivity contribution in [2.24, 2.45) is 0 Å². The molecule has 0 aliphatic carbocycles. The first-order valence-corrected chi connectivity index (χ1v) is 3.97. The average molecular weight is 180 g/mol. The van der Waals surface area contributed by atoms with Crippen molar-refractivity contribution in [3.63, 3.8) is 0 Å². The average Bonchev–Trinajstić information content (AvgIpc) is 2.16. The zero-order valence-electron chi connectivity index (χ0n) is 7.70. The lowest BCUT2D eigenvalue weighted by atomic mass is 10.0. The van der Waals surface area contributed by atoms with Gasteiger partial charge in [0.15, 0.2) is 5.78 Å². The molecule has 0 saturated heterocycles. The number of carbonyl (C=O) groups is 1. The maximum Gasteiger partial charge on any atom is 0.160 e. The second kappa shape index (κ2) is 4.05. The standard InChI is InChI=1S/C10H12O3/c1-7(12)10-5-9(13-2)4-3-8(10)6-11/h3-5,11H,6H2,1-2H3. The number of Topliss-reactive ketones (excluding diaryl/α,β-unsaturated/α-hetero) is 1. The predicted octanol–water partition coefficient (Wildman–Crippen LogP) is 1.39. The van der Waals surface area contributed by atoms with Gasteiger partial charge in [0, 0.05) is 5.56 Å². The van der Waals surface area contributed by atoms with Crippen LogP contribution in [0.25, 0.3) is 0 Å². The highest BCUT2D eigenvalue weighted by Gasteiger charge is 2.07. The molecule has 1 N–H and O–H groups in total. The summed E-state index contributed by atoms with van der Waals surface area (Å²) in [7, 11) is 1.54. The maximum atomic E-state index is 11.1. The number of hydrogen-bond acceptors (Lipinski definition) is 3. The lowest BCUT2D eigenvalue weighted by Crippen LogP contribution is -2.00. The molecule has 0 atom stereocenters. The van der Waals surface area contributed by atoms with E-state index in [1.165, 1.54) is 14.0 Å². The third-order valence-corrected chi connectivity index (χ3v) is 1.87. The number of methoxy groups -OCH3 is 1. The van der Waals surface area contributed by atoms with Gasteiger partial charge < -0.3 is 9.84 Å². The molecule has 1 aromatic carbocycles. The number of ether oxygens (including phenoxy) is 1. The molecule has 0 aliphatic rings. The summed E-state index contributed by atoms with van der Waals surface area (Å²) in [5.74, 6) is 0.561. The SMILES string of the molecule is COc1ccc(CO)c(C(C)=O)c1. The van der Waals surface area contributed by atoms with Crippen molar-refractivity contribution in [3.8, 4) is 5.75 Å². The molecular formula is C10H12O3. The first kappa shape index (κ1) is 9.74. The van der Waals surface area contributed by atoms with E-state index in [9.17, 15) is 4.79 Å². The summed E-state index contributed by atoms with van der Waals surface area (Å²) in [5, 5.41) is 8.94. The minimum atomic E-state index is -0.126. The van der Waals surface area contributed by atoms with Crippen molar-refractivity contribution in [2.75, 3.05) is 7.11 Å². The molecule has 0 fully saturated rings. The Labute approximate surface area is 77.0 Å². The van der Waals surface area contributed by atoms with Crippen LogP contribution >= 0.6 is 0 Å². The van der Waals surface area contributed by atoms with Crippen molar-refractivity contribution >= 4 is 5.78 Å². The molecule has 0 radical (unpaired) electrons. The molecule has 0 bridgehead atoms. The van der Waals surface area contributed by atoms with E-state index in [1.807, 2.05) is 0 Å². The number of benzene rings is 1. The summed E-state index contributed by atoms with van der Waals surface area (Å²) >= 11 is 0. The molecule has 0 amide bonds. The summed E-state index contributed by atoms with van der Waals surface area (Å²) < 4.78 is 4.97. The fourth-order valence-electron chi connectivity index (χ4n) is 1.15. The lowest BCUT2D eigenvalue weighted by Gasteiger charge is -2.06. The van der Waals surface area contributed by atoms with E-state index in [4.69, 9.17) is 9.84 Å². The van der Waals surface area contributed by atoms with Crippen LogP contribution in [0.2, 0.25) is 0 Å². The van der Waals surface area contributed by atoms with E-state index in [1.54, 1.807) is 18.2 Å². The van der Waals surface area contributed by atoms with Crippen LogP contribution < -0.4 is 4.74 Å². The fourth-order valence-corrected chi connectivity index (χ4v) is 1.15. The van der Waals surface area contributed by atoms with Crippen LogP contribution in [0.15, 0.2) is 18.2 Å². The monoisotopic (exact) mass is 180 g/mol. The van der Waals surface area contributed by atoms with Gasteiger partial charge in [0.25, 0.3) is 0 Å². The highest BCUT2D eigenvalue weighted by molar-refractivity contribution is 5.95. The van der Waals surface area contributed by atoms with E-state index in [0.717, 1.165) is 0 Å². The third kappa shape index (κ3) is 2.06. The maximum absolute atomic E-state index is 11.1. The topological polar surface area (TPSA) is 46.5 Å². The van der Waals surface area contributed by atoms with Gasteiger partial charge in [0.1, 0.15) is 5.75 Å². The van der Waals surface area contributed by atoms with Crippen LogP contribution in [0.1, 0.15) is 22.8 Å². The largest absolute Gasteiger partial charge is 0.497 e. The van der Waals surface area contributed by atoms with Gasteiger partial charge in [-0.2, -0.15) is 0 Å². The number of rotatable bonds is 3. The molecule has 70 valence electrons. The van der Waals surface area contributed by atoms with Crippen LogP contribution in [0.5, 0.6) is 5.75 Å². The van der Waals surface area contributed by atoms with E-state index in [-0.39, 0.29) is 12.4 Å². The minimum Gasteiger partial charge on any atom is -0.497 e. The van der Waals surface area contributed by atoms with Gasteiger partial charge in [0.05, 0.1) is 13.7 Å². The Hall–Kier alpha value is -1.35. The molecule has 0 aromatic heterocycles. The van der Waals surface area contributed by atoms with E-state index < -0.39 is 0 Å². The Morgan fingerprint density at radius 2 is 2.23 bits per heavy atom. The van der Waals surface area contributed by atoms with Crippen LogP contribution in [0, 0.1) is 0 Å². The number of aliphatic hydroxyl groups excluding tert-OH is 1. The van der Waals surface area contributed by atoms with Crippen molar-refractivity contribution < 1.29 is 14.6 Å². The van der Waals surface area contributed by atoms with Gasteiger partial charge in [0.2, 0.25) is 0 Å². The molecule has 0 saturated carbocycles. The van der Waals surface area contributed by atoms with E-state index in [2.05, 4.69) is 0 Å². The highest BCUT2D eigenvalue weighted by Crippen LogP contribution is 2.18. The molecular weight excluding hydrogens is 168 g/mol.